The third kappa shape index (κ3) is 4.58. The molecule has 1 aliphatic rings. The van der Waals surface area contributed by atoms with Crippen molar-refractivity contribution >= 4 is 40.5 Å². The first kappa shape index (κ1) is 19.8. The zero-order valence-electron chi connectivity index (χ0n) is 16.0. The van der Waals surface area contributed by atoms with E-state index in [0.29, 0.717) is 21.4 Å². The number of likely N-dealkylation sites (N-methyl/N-ethyl adjacent to an activating group) is 1. The van der Waals surface area contributed by atoms with Gasteiger partial charge in [-0.25, -0.2) is 0 Å². The van der Waals surface area contributed by atoms with Gasteiger partial charge in [-0.05, 0) is 61.6 Å². The number of carbonyl (C=O) groups is 1. The summed E-state index contributed by atoms with van der Waals surface area (Å²) in [4.78, 5) is 17.2. The van der Waals surface area contributed by atoms with Gasteiger partial charge in [0.25, 0.3) is 5.91 Å². The van der Waals surface area contributed by atoms with Gasteiger partial charge >= 0.3 is 0 Å². The number of nitrogens with one attached hydrogen (secondary N) is 1. The van der Waals surface area contributed by atoms with Crippen molar-refractivity contribution in [3.05, 3.63) is 70.4 Å². The zero-order valence-corrected chi connectivity index (χ0v) is 17.5. The lowest BCUT2D eigenvalue weighted by molar-refractivity contribution is 0.0997. The van der Waals surface area contributed by atoms with E-state index in [9.17, 15) is 4.79 Å². The van der Waals surface area contributed by atoms with Crippen LogP contribution in [0, 0.1) is 0 Å². The topological polar surface area (TPSA) is 48.7 Å². The van der Waals surface area contributed by atoms with Crippen LogP contribution in [0.25, 0.3) is 11.3 Å². The van der Waals surface area contributed by atoms with Gasteiger partial charge in [0.15, 0.2) is 5.76 Å². The third-order valence-corrected chi connectivity index (χ3v) is 5.57. The molecule has 0 radical (unpaired) electrons. The summed E-state index contributed by atoms with van der Waals surface area (Å²) in [7, 11) is 2.14. The Morgan fingerprint density at radius 3 is 2.38 bits per heavy atom. The van der Waals surface area contributed by atoms with E-state index in [1.165, 1.54) is 0 Å². The highest BCUT2D eigenvalue weighted by Crippen LogP contribution is 2.31. The third-order valence-electron chi connectivity index (χ3n) is 5.02. The minimum Gasteiger partial charge on any atom is -0.451 e. The SMILES string of the molecule is CN1CCN(c2ccc(NC(=O)c3ccc(-c4ccc(Cl)cc4Cl)o3)cc2)CC1. The Morgan fingerprint density at radius 2 is 1.69 bits per heavy atom. The molecule has 1 amide bonds. The second kappa shape index (κ2) is 8.49. The van der Waals surface area contributed by atoms with Crippen LogP contribution in [0.4, 0.5) is 11.4 Å². The van der Waals surface area contributed by atoms with Crippen LogP contribution in [-0.4, -0.2) is 44.0 Å². The Hall–Kier alpha value is -2.47. The first-order valence-corrected chi connectivity index (χ1v) is 10.2. The number of halogens is 2. The predicted octanol–water partition coefficient (Wildman–Crippen LogP) is 5.26. The number of hydrogen-bond donors (Lipinski definition) is 1. The molecule has 0 saturated carbocycles. The maximum absolute atomic E-state index is 12.5. The average Bonchev–Trinajstić information content (AvgIpc) is 3.19. The van der Waals surface area contributed by atoms with Crippen LogP contribution in [0.15, 0.2) is 59.0 Å². The van der Waals surface area contributed by atoms with Crippen molar-refractivity contribution in [3.8, 4) is 11.3 Å². The van der Waals surface area contributed by atoms with Gasteiger partial charge in [-0.3, -0.25) is 4.79 Å². The molecular weight excluding hydrogens is 409 g/mol. The maximum atomic E-state index is 12.5. The summed E-state index contributed by atoms with van der Waals surface area (Å²) in [6.45, 7) is 4.11. The lowest BCUT2D eigenvalue weighted by Crippen LogP contribution is -2.44. The minimum absolute atomic E-state index is 0.217. The van der Waals surface area contributed by atoms with Crippen molar-refractivity contribution in [3.63, 3.8) is 0 Å². The number of hydrogen-bond acceptors (Lipinski definition) is 4. The monoisotopic (exact) mass is 429 g/mol. The second-order valence-corrected chi connectivity index (χ2v) is 7.92. The van der Waals surface area contributed by atoms with Gasteiger partial charge in [0.2, 0.25) is 0 Å². The number of amides is 1. The van der Waals surface area contributed by atoms with Gasteiger partial charge in [0.05, 0.1) is 5.02 Å². The van der Waals surface area contributed by atoms with Crippen LogP contribution >= 0.6 is 23.2 Å². The van der Waals surface area contributed by atoms with E-state index in [4.69, 9.17) is 27.6 Å². The van der Waals surface area contributed by atoms with E-state index < -0.39 is 0 Å². The zero-order chi connectivity index (χ0) is 20.4. The fourth-order valence-electron chi connectivity index (χ4n) is 3.31. The van der Waals surface area contributed by atoms with E-state index in [2.05, 4.69) is 22.2 Å². The Bertz CT molecular complexity index is 1010. The molecule has 150 valence electrons. The Morgan fingerprint density at radius 1 is 0.966 bits per heavy atom. The molecule has 1 fully saturated rings. The Balaban J connectivity index is 1.42. The normalized spacial score (nSPS) is 14.8. The van der Waals surface area contributed by atoms with Crippen LogP contribution in [0.5, 0.6) is 0 Å². The van der Waals surface area contributed by atoms with Crippen molar-refractivity contribution in [1.82, 2.24) is 4.90 Å². The van der Waals surface area contributed by atoms with E-state index >= 15 is 0 Å². The summed E-state index contributed by atoms with van der Waals surface area (Å²) in [5.74, 6) is 0.421. The highest BCUT2D eigenvalue weighted by molar-refractivity contribution is 6.36. The maximum Gasteiger partial charge on any atom is 0.291 e. The molecule has 1 aromatic heterocycles. The number of anilines is 2. The van der Waals surface area contributed by atoms with Crippen molar-refractivity contribution in [2.75, 3.05) is 43.4 Å². The lowest BCUT2D eigenvalue weighted by atomic mass is 10.2. The molecule has 2 heterocycles. The molecule has 7 heteroatoms. The van der Waals surface area contributed by atoms with E-state index in [-0.39, 0.29) is 11.7 Å². The second-order valence-electron chi connectivity index (χ2n) is 7.08. The molecule has 29 heavy (non-hydrogen) atoms. The molecule has 1 N–H and O–H groups in total. The fourth-order valence-corrected chi connectivity index (χ4v) is 3.81. The number of benzene rings is 2. The quantitative estimate of drug-likeness (QED) is 0.614. The van der Waals surface area contributed by atoms with E-state index in [0.717, 1.165) is 37.6 Å². The molecule has 0 atom stereocenters. The van der Waals surface area contributed by atoms with Gasteiger partial charge in [0, 0.05) is 48.1 Å². The smallest absolute Gasteiger partial charge is 0.291 e. The average molecular weight is 430 g/mol. The lowest BCUT2D eigenvalue weighted by Gasteiger charge is -2.34. The molecule has 0 aliphatic carbocycles. The molecular formula is C22H21Cl2N3O2. The summed E-state index contributed by atoms with van der Waals surface area (Å²) in [5, 5.41) is 3.89. The van der Waals surface area contributed by atoms with Gasteiger partial charge in [-0.2, -0.15) is 0 Å². The predicted molar refractivity (Wildman–Crippen MR) is 118 cm³/mol. The highest BCUT2D eigenvalue weighted by atomic mass is 35.5. The van der Waals surface area contributed by atoms with Crippen LogP contribution in [0.3, 0.4) is 0 Å². The molecule has 0 unspecified atom stereocenters. The minimum atomic E-state index is -0.311. The van der Waals surface area contributed by atoms with Crippen LogP contribution < -0.4 is 10.2 Å². The largest absolute Gasteiger partial charge is 0.451 e. The van der Waals surface area contributed by atoms with Gasteiger partial charge in [-0.1, -0.05) is 23.2 Å². The first-order chi connectivity index (χ1) is 14.0. The van der Waals surface area contributed by atoms with Crippen molar-refractivity contribution in [2.45, 2.75) is 0 Å². The molecule has 5 nitrogen and oxygen atoms in total. The summed E-state index contributed by atoms with van der Waals surface area (Å²) >= 11 is 12.2. The summed E-state index contributed by atoms with van der Waals surface area (Å²) < 4.78 is 5.70. The first-order valence-electron chi connectivity index (χ1n) is 9.40. The molecule has 2 aromatic carbocycles. The van der Waals surface area contributed by atoms with Crippen LogP contribution in [-0.2, 0) is 0 Å². The van der Waals surface area contributed by atoms with Crippen LogP contribution in [0.2, 0.25) is 10.0 Å². The van der Waals surface area contributed by atoms with Gasteiger partial charge < -0.3 is 19.5 Å². The van der Waals surface area contributed by atoms with E-state index in [1.807, 2.05) is 24.3 Å². The fraction of sp³-hybridized carbons (Fsp3) is 0.227. The van der Waals surface area contributed by atoms with Crippen molar-refractivity contribution in [2.24, 2.45) is 0 Å². The molecule has 4 rings (SSSR count). The number of nitrogens with zero attached hydrogens (tertiary/aromatic N) is 2. The van der Waals surface area contributed by atoms with Crippen molar-refractivity contribution < 1.29 is 9.21 Å². The van der Waals surface area contributed by atoms with Gasteiger partial charge in [-0.15, -0.1) is 0 Å². The Kier molecular flexibility index (Phi) is 5.81. The number of carbonyl (C=O) groups excluding carboxylic acids is 1. The number of rotatable bonds is 4. The van der Waals surface area contributed by atoms with Gasteiger partial charge in [0.1, 0.15) is 5.76 Å². The van der Waals surface area contributed by atoms with Crippen LogP contribution in [0.1, 0.15) is 10.6 Å². The number of piperazine rings is 1. The van der Waals surface area contributed by atoms with E-state index in [1.54, 1.807) is 30.3 Å². The standard InChI is InChI=1S/C22H21Cl2N3O2/c1-26-10-12-27(13-11-26)17-5-3-16(4-6-17)25-22(28)21-9-8-20(29-21)18-7-2-15(23)14-19(18)24/h2-9,14H,10-13H2,1H3,(H,25,28). The highest BCUT2D eigenvalue weighted by Gasteiger charge is 2.16. The Labute approximate surface area is 179 Å². The molecule has 1 saturated heterocycles. The molecule has 1 aliphatic heterocycles. The molecule has 0 spiro atoms. The summed E-state index contributed by atoms with van der Waals surface area (Å²) in [5.41, 5.74) is 2.57. The molecule has 0 bridgehead atoms. The number of furan rings is 1. The molecule has 3 aromatic rings. The van der Waals surface area contributed by atoms with Crippen molar-refractivity contribution in [1.29, 1.82) is 0 Å². The summed E-state index contributed by atoms with van der Waals surface area (Å²) in [6, 6.07) is 16.4. The summed E-state index contributed by atoms with van der Waals surface area (Å²) in [6.07, 6.45) is 0.